The Labute approximate surface area is 136 Å². The Hall–Kier alpha value is -1.27. The van der Waals surface area contributed by atoms with Crippen LogP contribution in [0.2, 0.25) is 0 Å². The fourth-order valence-electron chi connectivity index (χ4n) is 1.99. The number of aromatic nitrogens is 2. The van der Waals surface area contributed by atoms with Crippen LogP contribution in [0, 0.1) is 0 Å². The van der Waals surface area contributed by atoms with Crippen LogP contribution in [0.5, 0.6) is 0 Å². The van der Waals surface area contributed by atoms with Crippen LogP contribution in [0.15, 0.2) is 33.6 Å². The van der Waals surface area contributed by atoms with Crippen LogP contribution in [0.4, 0.5) is 0 Å². The highest BCUT2D eigenvalue weighted by Gasteiger charge is 2.11. The lowest BCUT2D eigenvalue weighted by Gasteiger charge is -2.06. The first-order valence-electron chi connectivity index (χ1n) is 6.76. The number of halogens is 1. The van der Waals surface area contributed by atoms with Gasteiger partial charge in [0.05, 0.1) is 11.3 Å². The zero-order valence-corrected chi connectivity index (χ0v) is 14.4. The molecule has 1 aromatic heterocycles. The van der Waals surface area contributed by atoms with Gasteiger partial charge in [0.25, 0.3) is 0 Å². The van der Waals surface area contributed by atoms with E-state index >= 15 is 0 Å². The maximum Gasteiger partial charge on any atom is 0.336 e. The van der Waals surface area contributed by atoms with E-state index in [1.54, 1.807) is 23.9 Å². The zero-order valence-electron chi connectivity index (χ0n) is 12.0. The van der Waals surface area contributed by atoms with Gasteiger partial charge in [-0.05, 0) is 53.5 Å². The van der Waals surface area contributed by atoms with E-state index < -0.39 is 5.97 Å². The summed E-state index contributed by atoms with van der Waals surface area (Å²) < 4.78 is 2.61. The van der Waals surface area contributed by atoms with Crippen LogP contribution in [-0.4, -0.2) is 20.9 Å². The van der Waals surface area contributed by atoms with Crippen LogP contribution < -0.4 is 0 Å². The largest absolute Gasteiger partial charge is 0.478 e. The van der Waals surface area contributed by atoms with Crippen molar-refractivity contribution in [3.8, 4) is 0 Å². The van der Waals surface area contributed by atoms with Gasteiger partial charge in [-0.25, -0.2) is 4.79 Å². The van der Waals surface area contributed by atoms with E-state index in [0.717, 1.165) is 29.3 Å². The molecule has 0 unspecified atom stereocenters. The lowest BCUT2D eigenvalue weighted by atomic mass is 10.2. The highest BCUT2D eigenvalue weighted by atomic mass is 79.9. The van der Waals surface area contributed by atoms with Gasteiger partial charge in [-0.1, -0.05) is 6.92 Å². The summed E-state index contributed by atoms with van der Waals surface area (Å²) in [5.74, 6) is -0.141. The van der Waals surface area contributed by atoms with Crippen LogP contribution >= 0.6 is 27.7 Å². The number of rotatable bonds is 6. The van der Waals surface area contributed by atoms with Gasteiger partial charge < -0.3 is 5.11 Å². The Morgan fingerprint density at radius 2 is 2.14 bits per heavy atom. The van der Waals surface area contributed by atoms with Crippen molar-refractivity contribution in [2.24, 2.45) is 0 Å². The normalized spacial score (nSPS) is 10.8. The van der Waals surface area contributed by atoms with Crippen molar-refractivity contribution in [3.63, 3.8) is 0 Å². The first-order valence-corrected chi connectivity index (χ1v) is 8.54. The molecule has 0 saturated heterocycles. The summed E-state index contributed by atoms with van der Waals surface area (Å²) in [6.07, 6.45) is 0.923. The number of hydrogen-bond donors (Lipinski definition) is 1. The van der Waals surface area contributed by atoms with Gasteiger partial charge in [0.15, 0.2) is 0 Å². The fourth-order valence-corrected chi connectivity index (χ4v) is 3.32. The number of aryl methyl sites for hydroxylation is 2. The topological polar surface area (TPSA) is 55.1 Å². The molecule has 0 aliphatic carbocycles. The van der Waals surface area contributed by atoms with E-state index in [1.165, 1.54) is 5.69 Å². The van der Waals surface area contributed by atoms with Crippen LogP contribution in [-0.2, 0) is 18.7 Å². The molecule has 0 saturated carbocycles. The van der Waals surface area contributed by atoms with E-state index in [9.17, 15) is 4.79 Å². The minimum atomic E-state index is -0.920. The Balaban J connectivity index is 2.14. The number of carbonyl (C=O) groups is 1. The summed E-state index contributed by atoms with van der Waals surface area (Å²) >= 11 is 4.88. The monoisotopic (exact) mass is 368 g/mol. The number of hydrogen-bond acceptors (Lipinski definition) is 3. The average molecular weight is 369 g/mol. The summed E-state index contributed by atoms with van der Waals surface area (Å²) in [6, 6.07) is 7.52. The van der Waals surface area contributed by atoms with Crippen molar-refractivity contribution >= 4 is 33.7 Å². The molecular formula is C15H17BrN2O2S. The quantitative estimate of drug-likeness (QED) is 0.775. The second-order valence-corrected chi connectivity index (χ2v) is 6.43. The van der Waals surface area contributed by atoms with Crippen molar-refractivity contribution in [2.75, 3.05) is 0 Å². The first kappa shape index (κ1) is 16.1. The molecule has 0 aliphatic rings. The van der Waals surface area contributed by atoms with E-state index in [0.29, 0.717) is 10.0 Å². The third kappa shape index (κ3) is 3.89. The highest BCUT2D eigenvalue weighted by Crippen LogP contribution is 2.27. The van der Waals surface area contributed by atoms with Gasteiger partial charge >= 0.3 is 5.97 Å². The molecule has 112 valence electrons. The Bertz CT molecular complexity index is 655. The molecule has 0 aliphatic heterocycles. The van der Waals surface area contributed by atoms with Crippen LogP contribution in [0.3, 0.4) is 0 Å². The third-order valence-electron chi connectivity index (χ3n) is 3.13. The highest BCUT2D eigenvalue weighted by molar-refractivity contribution is 9.10. The molecule has 4 nitrogen and oxygen atoms in total. The molecule has 21 heavy (non-hydrogen) atoms. The Morgan fingerprint density at radius 3 is 2.76 bits per heavy atom. The van der Waals surface area contributed by atoms with Crippen molar-refractivity contribution < 1.29 is 9.90 Å². The van der Waals surface area contributed by atoms with E-state index in [2.05, 4.69) is 40.9 Å². The number of benzene rings is 1. The van der Waals surface area contributed by atoms with Crippen molar-refractivity contribution in [1.29, 1.82) is 0 Å². The molecule has 2 rings (SSSR count). The Morgan fingerprint density at radius 1 is 1.38 bits per heavy atom. The number of aromatic carboxylic acids is 1. The maximum absolute atomic E-state index is 11.1. The standard InChI is InChI=1S/C15H17BrN2O2S/c1-3-10-7-11(18(4-2)17-10)9-21-12-5-6-14(16)13(8-12)15(19)20/h5-8H,3-4,9H2,1-2H3,(H,19,20). The van der Waals surface area contributed by atoms with Gasteiger partial charge in [0.1, 0.15) is 0 Å². The molecule has 0 radical (unpaired) electrons. The molecule has 1 aromatic carbocycles. The molecule has 0 bridgehead atoms. The van der Waals surface area contributed by atoms with E-state index in [1.807, 2.05) is 10.7 Å². The van der Waals surface area contributed by atoms with Gasteiger partial charge in [-0.3, -0.25) is 4.68 Å². The molecule has 2 aromatic rings. The van der Waals surface area contributed by atoms with Gasteiger partial charge in [0, 0.05) is 27.4 Å². The molecule has 0 spiro atoms. The van der Waals surface area contributed by atoms with E-state index in [-0.39, 0.29) is 0 Å². The average Bonchev–Trinajstić information content (AvgIpc) is 2.88. The van der Waals surface area contributed by atoms with Gasteiger partial charge in [-0.15, -0.1) is 11.8 Å². The SMILES string of the molecule is CCc1cc(CSc2ccc(Br)c(C(=O)O)c2)n(CC)n1. The number of carboxylic acids is 1. The predicted octanol–water partition coefficient (Wildman–Crippen LogP) is 4.22. The third-order valence-corrected chi connectivity index (χ3v) is 4.85. The molecule has 0 amide bonds. The lowest BCUT2D eigenvalue weighted by Crippen LogP contribution is -2.02. The second-order valence-electron chi connectivity index (χ2n) is 4.53. The second kappa shape index (κ2) is 7.13. The molecule has 0 fully saturated rings. The van der Waals surface area contributed by atoms with Crippen molar-refractivity contribution in [2.45, 2.75) is 37.5 Å². The number of thioether (sulfide) groups is 1. The van der Waals surface area contributed by atoms with Gasteiger partial charge in [0.2, 0.25) is 0 Å². The summed E-state index contributed by atoms with van der Waals surface area (Å²) in [5.41, 5.74) is 2.55. The predicted molar refractivity (Wildman–Crippen MR) is 87.9 cm³/mol. The van der Waals surface area contributed by atoms with Crippen LogP contribution in [0.1, 0.15) is 35.6 Å². The van der Waals surface area contributed by atoms with Gasteiger partial charge in [-0.2, -0.15) is 5.10 Å². The molecule has 1 heterocycles. The summed E-state index contributed by atoms with van der Waals surface area (Å²) in [6.45, 7) is 5.01. The minimum Gasteiger partial charge on any atom is -0.478 e. The smallest absolute Gasteiger partial charge is 0.336 e. The zero-order chi connectivity index (χ0) is 15.4. The number of carboxylic acid groups (broad SMARTS) is 1. The molecule has 6 heteroatoms. The van der Waals surface area contributed by atoms with Crippen molar-refractivity contribution in [1.82, 2.24) is 9.78 Å². The summed E-state index contributed by atoms with van der Waals surface area (Å²) in [5, 5.41) is 13.7. The van der Waals surface area contributed by atoms with E-state index in [4.69, 9.17) is 5.11 Å². The summed E-state index contributed by atoms with van der Waals surface area (Å²) in [4.78, 5) is 12.1. The van der Waals surface area contributed by atoms with Crippen molar-refractivity contribution in [3.05, 3.63) is 45.7 Å². The van der Waals surface area contributed by atoms with Crippen LogP contribution in [0.25, 0.3) is 0 Å². The molecule has 1 N–H and O–H groups in total. The maximum atomic E-state index is 11.1. The number of nitrogens with zero attached hydrogens (tertiary/aromatic N) is 2. The molecule has 0 atom stereocenters. The fraction of sp³-hybridized carbons (Fsp3) is 0.333. The minimum absolute atomic E-state index is 0.290. The Kier molecular flexibility index (Phi) is 5.47. The molecular weight excluding hydrogens is 352 g/mol. The summed E-state index contributed by atoms with van der Waals surface area (Å²) in [7, 11) is 0. The lowest BCUT2D eigenvalue weighted by molar-refractivity contribution is 0.0695. The first-order chi connectivity index (χ1) is 10.0.